The molecule has 7 nitrogen and oxygen atoms in total. The van der Waals surface area contributed by atoms with E-state index in [2.05, 4.69) is 11.4 Å². The van der Waals surface area contributed by atoms with Crippen LogP contribution in [0.15, 0.2) is 58.0 Å². The van der Waals surface area contributed by atoms with Crippen LogP contribution in [0.4, 0.5) is 5.82 Å². The second-order valence-corrected chi connectivity index (χ2v) is 7.57. The number of aromatic nitrogens is 1. The van der Waals surface area contributed by atoms with Crippen molar-refractivity contribution >= 4 is 29.5 Å². The van der Waals surface area contributed by atoms with E-state index >= 15 is 0 Å². The Morgan fingerprint density at radius 2 is 1.97 bits per heavy atom. The Morgan fingerprint density at radius 1 is 1.20 bits per heavy atom. The Labute approximate surface area is 178 Å². The molecule has 0 saturated heterocycles. The monoisotopic (exact) mass is 423 g/mol. The van der Waals surface area contributed by atoms with Crippen molar-refractivity contribution in [3.63, 3.8) is 0 Å². The molecule has 0 bridgehead atoms. The SMILES string of the molecule is Cc1c(C#N)c(NC(=O)COC(=O)CSc2ccccc2)n(Cc2ccco2)c1C. The first-order chi connectivity index (χ1) is 14.5. The van der Waals surface area contributed by atoms with Gasteiger partial charge >= 0.3 is 5.97 Å². The molecule has 0 radical (unpaired) electrons. The van der Waals surface area contributed by atoms with Gasteiger partial charge in [-0.25, -0.2) is 0 Å². The van der Waals surface area contributed by atoms with E-state index in [1.807, 2.05) is 50.2 Å². The molecule has 3 aromatic rings. The fourth-order valence-corrected chi connectivity index (χ4v) is 3.62. The lowest BCUT2D eigenvalue weighted by Crippen LogP contribution is -2.23. The van der Waals surface area contributed by atoms with Crippen molar-refractivity contribution in [3.8, 4) is 6.07 Å². The second kappa shape index (κ2) is 9.85. The number of esters is 1. The Balaban J connectivity index is 1.62. The lowest BCUT2D eigenvalue weighted by molar-refractivity contribution is -0.144. The molecule has 30 heavy (non-hydrogen) atoms. The largest absolute Gasteiger partial charge is 0.467 e. The van der Waals surface area contributed by atoms with Gasteiger partial charge < -0.3 is 19.0 Å². The fraction of sp³-hybridized carbons (Fsp3) is 0.227. The maximum Gasteiger partial charge on any atom is 0.316 e. The van der Waals surface area contributed by atoms with Crippen LogP contribution in [0.2, 0.25) is 0 Å². The van der Waals surface area contributed by atoms with Crippen molar-refractivity contribution in [1.82, 2.24) is 4.57 Å². The van der Waals surface area contributed by atoms with E-state index in [0.717, 1.165) is 16.2 Å². The Morgan fingerprint density at radius 3 is 2.63 bits per heavy atom. The number of benzene rings is 1. The molecule has 0 aliphatic rings. The third kappa shape index (κ3) is 5.13. The highest BCUT2D eigenvalue weighted by Crippen LogP contribution is 2.27. The van der Waals surface area contributed by atoms with Gasteiger partial charge in [0.05, 0.1) is 24.1 Å². The number of carbonyl (C=O) groups is 2. The van der Waals surface area contributed by atoms with E-state index < -0.39 is 18.5 Å². The average Bonchev–Trinajstić information content (AvgIpc) is 3.34. The van der Waals surface area contributed by atoms with E-state index in [-0.39, 0.29) is 5.75 Å². The molecule has 2 aromatic heterocycles. The van der Waals surface area contributed by atoms with Gasteiger partial charge in [-0.1, -0.05) is 18.2 Å². The normalized spacial score (nSPS) is 10.4. The summed E-state index contributed by atoms with van der Waals surface area (Å²) in [6, 6.07) is 15.2. The predicted molar refractivity (Wildman–Crippen MR) is 113 cm³/mol. The summed E-state index contributed by atoms with van der Waals surface area (Å²) in [6.45, 7) is 3.63. The van der Waals surface area contributed by atoms with Crippen LogP contribution in [-0.2, 0) is 20.9 Å². The molecule has 1 amide bonds. The summed E-state index contributed by atoms with van der Waals surface area (Å²) in [4.78, 5) is 25.3. The van der Waals surface area contributed by atoms with Gasteiger partial charge in [0.25, 0.3) is 5.91 Å². The van der Waals surface area contributed by atoms with Crippen molar-refractivity contribution in [3.05, 3.63) is 71.3 Å². The molecule has 154 valence electrons. The van der Waals surface area contributed by atoms with Crippen molar-refractivity contribution in [2.45, 2.75) is 25.3 Å². The van der Waals surface area contributed by atoms with Crippen LogP contribution in [0, 0.1) is 25.2 Å². The predicted octanol–water partition coefficient (Wildman–Crippen LogP) is 3.89. The van der Waals surface area contributed by atoms with Crippen LogP contribution in [-0.4, -0.2) is 28.8 Å². The van der Waals surface area contributed by atoms with Crippen molar-refractivity contribution in [2.24, 2.45) is 0 Å². The number of hydrogen-bond acceptors (Lipinski definition) is 6. The molecule has 1 N–H and O–H groups in total. The molecule has 0 saturated carbocycles. The summed E-state index contributed by atoms with van der Waals surface area (Å²) in [5, 5.41) is 12.3. The minimum atomic E-state index is -0.511. The molecular formula is C22H21N3O4S. The molecular weight excluding hydrogens is 402 g/mol. The van der Waals surface area contributed by atoms with E-state index in [1.54, 1.807) is 16.9 Å². The number of amides is 1. The molecule has 3 rings (SSSR count). The van der Waals surface area contributed by atoms with Gasteiger partial charge in [0.2, 0.25) is 0 Å². The first-order valence-corrected chi connectivity index (χ1v) is 10.2. The summed E-state index contributed by atoms with van der Waals surface area (Å²) in [5.41, 5.74) is 1.99. The van der Waals surface area contributed by atoms with Crippen LogP contribution in [0.3, 0.4) is 0 Å². The van der Waals surface area contributed by atoms with Crippen molar-refractivity contribution in [1.29, 1.82) is 5.26 Å². The molecule has 0 aliphatic carbocycles. The third-order valence-electron chi connectivity index (χ3n) is 4.56. The first kappa shape index (κ1) is 21.3. The lowest BCUT2D eigenvalue weighted by Gasteiger charge is -2.12. The minimum Gasteiger partial charge on any atom is -0.467 e. The Bertz CT molecular complexity index is 1070. The molecule has 0 unspecified atom stereocenters. The molecule has 0 aliphatic heterocycles. The quantitative estimate of drug-likeness (QED) is 0.436. The van der Waals surface area contributed by atoms with Crippen LogP contribution >= 0.6 is 11.8 Å². The molecule has 0 atom stereocenters. The summed E-state index contributed by atoms with van der Waals surface area (Å²) in [6.07, 6.45) is 1.57. The number of nitrogens with zero attached hydrogens (tertiary/aromatic N) is 2. The minimum absolute atomic E-state index is 0.105. The van der Waals surface area contributed by atoms with Crippen molar-refractivity contribution < 1.29 is 18.7 Å². The number of nitriles is 1. The van der Waals surface area contributed by atoms with Gasteiger partial charge in [-0.15, -0.1) is 11.8 Å². The highest BCUT2D eigenvalue weighted by atomic mass is 32.2. The standard InChI is InChI=1S/C22H21N3O4S/c1-15-16(2)25(12-17-7-6-10-28-17)22(19(15)11-23)24-20(26)13-29-21(27)14-30-18-8-4-3-5-9-18/h3-10H,12-14H2,1-2H3,(H,24,26). The number of ether oxygens (including phenoxy) is 1. The highest BCUT2D eigenvalue weighted by molar-refractivity contribution is 8.00. The van der Waals surface area contributed by atoms with E-state index in [0.29, 0.717) is 23.7 Å². The molecule has 8 heteroatoms. The van der Waals surface area contributed by atoms with Crippen LogP contribution in [0.5, 0.6) is 0 Å². The number of nitrogens with one attached hydrogen (secondary N) is 1. The molecule has 0 spiro atoms. The summed E-state index contributed by atoms with van der Waals surface area (Å²) >= 11 is 1.34. The topological polar surface area (TPSA) is 97.3 Å². The Hall–Kier alpha value is -3.44. The maximum absolute atomic E-state index is 12.4. The van der Waals surface area contributed by atoms with E-state index in [9.17, 15) is 14.9 Å². The smallest absolute Gasteiger partial charge is 0.316 e. The maximum atomic E-state index is 12.4. The molecule has 2 heterocycles. The van der Waals surface area contributed by atoms with Gasteiger partial charge in [-0.05, 0) is 43.7 Å². The summed E-state index contributed by atoms with van der Waals surface area (Å²) in [5.74, 6) is 0.162. The zero-order valence-electron chi connectivity index (χ0n) is 16.7. The Kier molecular flexibility index (Phi) is 6.99. The van der Waals surface area contributed by atoms with E-state index in [1.165, 1.54) is 11.8 Å². The number of furan rings is 1. The summed E-state index contributed by atoms with van der Waals surface area (Å²) < 4.78 is 12.3. The zero-order valence-corrected chi connectivity index (χ0v) is 17.5. The molecule has 0 fully saturated rings. The van der Waals surface area contributed by atoms with Crippen LogP contribution < -0.4 is 5.32 Å². The number of rotatable bonds is 8. The second-order valence-electron chi connectivity index (χ2n) is 6.52. The summed E-state index contributed by atoms with van der Waals surface area (Å²) in [7, 11) is 0. The number of anilines is 1. The number of thioether (sulfide) groups is 1. The van der Waals surface area contributed by atoms with Gasteiger partial charge in [0, 0.05) is 10.6 Å². The lowest BCUT2D eigenvalue weighted by atomic mass is 10.2. The fourth-order valence-electron chi connectivity index (χ4n) is 2.90. The highest BCUT2D eigenvalue weighted by Gasteiger charge is 2.21. The van der Waals surface area contributed by atoms with Crippen LogP contribution in [0.1, 0.15) is 22.6 Å². The van der Waals surface area contributed by atoms with Gasteiger partial charge in [0.15, 0.2) is 6.61 Å². The number of carbonyl (C=O) groups excluding carboxylic acids is 2. The van der Waals surface area contributed by atoms with Gasteiger partial charge in [-0.2, -0.15) is 5.26 Å². The van der Waals surface area contributed by atoms with Crippen LogP contribution in [0.25, 0.3) is 0 Å². The van der Waals surface area contributed by atoms with E-state index in [4.69, 9.17) is 9.15 Å². The van der Waals surface area contributed by atoms with Crippen molar-refractivity contribution in [2.75, 3.05) is 17.7 Å². The van der Waals surface area contributed by atoms with Gasteiger partial charge in [-0.3, -0.25) is 9.59 Å². The third-order valence-corrected chi connectivity index (χ3v) is 5.54. The zero-order chi connectivity index (χ0) is 21.5. The first-order valence-electron chi connectivity index (χ1n) is 9.25. The number of hydrogen-bond donors (Lipinski definition) is 1. The molecule has 1 aromatic carbocycles. The average molecular weight is 423 g/mol. The van der Waals surface area contributed by atoms with Gasteiger partial charge in [0.1, 0.15) is 17.6 Å².